The Kier molecular flexibility index (Phi) is 7.42. The van der Waals surface area contributed by atoms with Crippen molar-refractivity contribution in [1.82, 2.24) is 4.98 Å². The molecule has 2 unspecified atom stereocenters. The van der Waals surface area contributed by atoms with Crippen LogP contribution in [0, 0.1) is 0 Å². The van der Waals surface area contributed by atoms with Crippen LogP contribution in [-0.2, 0) is 10.6 Å². The molecule has 0 bridgehead atoms. The first-order valence-electron chi connectivity index (χ1n) is 15.4. The van der Waals surface area contributed by atoms with E-state index in [2.05, 4.69) is 53.4 Å². The maximum atomic E-state index is 6.73. The van der Waals surface area contributed by atoms with Crippen molar-refractivity contribution < 1.29 is 19.0 Å². The predicted molar refractivity (Wildman–Crippen MR) is 186 cm³/mol. The second-order valence-electron chi connectivity index (χ2n) is 11.4. The van der Waals surface area contributed by atoms with E-state index in [1.165, 1.54) is 0 Å². The van der Waals surface area contributed by atoms with Crippen LogP contribution >= 0.6 is 11.8 Å². The van der Waals surface area contributed by atoms with Gasteiger partial charge in [-0.25, -0.2) is 4.98 Å². The van der Waals surface area contributed by atoms with Crippen LogP contribution in [0.25, 0.3) is 10.9 Å². The van der Waals surface area contributed by atoms with Gasteiger partial charge in [-0.1, -0.05) is 53.7 Å². The van der Waals surface area contributed by atoms with Gasteiger partial charge in [-0.3, -0.25) is 4.90 Å². The quantitative estimate of drug-likeness (QED) is 0.173. The Bertz CT molecular complexity index is 2090. The summed E-state index contributed by atoms with van der Waals surface area (Å²) in [5.41, 5.74) is 3.72. The molecule has 0 radical (unpaired) electrons. The molecule has 6 aromatic rings. The minimum atomic E-state index is -0.999. The zero-order valence-electron chi connectivity index (χ0n) is 25.9. The Balaban J connectivity index is 1.33. The second kappa shape index (κ2) is 12.0. The lowest BCUT2D eigenvalue weighted by atomic mass is 9.91. The number of para-hydroxylation sites is 3. The normalized spacial score (nSPS) is 18.4. The first-order valence-corrected chi connectivity index (χ1v) is 16.3. The first-order chi connectivity index (χ1) is 23.1. The average Bonchev–Trinajstić information content (AvgIpc) is 3.44. The van der Waals surface area contributed by atoms with Gasteiger partial charge in [0.25, 0.3) is 0 Å². The van der Waals surface area contributed by atoms with Crippen molar-refractivity contribution in [2.75, 3.05) is 19.1 Å². The fourth-order valence-corrected chi connectivity index (χ4v) is 7.62. The molecule has 0 amide bonds. The fraction of sp³-hybridized carbons (Fsp3) is 0.128. The number of thioether (sulfide) groups is 1. The van der Waals surface area contributed by atoms with E-state index in [0.29, 0.717) is 12.3 Å². The van der Waals surface area contributed by atoms with Gasteiger partial charge < -0.3 is 19.0 Å². The smallest absolute Gasteiger partial charge is 0.242 e. The van der Waals surface area contributed by atoms with Crippen molar-refractivity contribution in [3.63, 3.8) is 0 Å². The molecule has 2 atom stereocenters. The van der Waals surface area contributed by atoms with Crippen molar-refractivity contribution in [2.24, 2.45) is 5.16 Å². The van der Waals surface area contributed by atoms with Gasteiger partial charge in [0.1, 0.15) is 17.2 Å². The number of fused-ring (bicyclic) bond motifs is 4. The number of hydrogen-bond donors (Lipinski definition) is 0. The van der Waals surface area contributed by atoms with Crippen molar-refractivity contribution in [3.05, 3.63) is 150 Å². The van der Waals surface area contributed by atoms with Gasteiger partial charge >= 0.3 is 0 Å². The Hall–Kier alpha value is -5.47. The maximum absolute atomic E-state index is 6.73. The summed E-state index contributed by atoms with van der Waals surface area (Å²) < 4.78 is 17.6. The number of amidine groups is 1. The van der Waals surface area contributed by atoms with E-state index in [4.69, 9.17) is 29.2 Å². The number of nitrogens with zero attached hydrogens (tertiary/aromatic N) is 3. The highest BCUT2D eigenvalue weighted by Gasteiger charge is 2.53. The minimum absolute atomic E-state index is 0.135. The molecule has 8 rings (SSSR count). The lowest BCUT2D eigenvalue weighted by Gasteiger charge is -2.38. The molecule has 3 heterocycles. The molecule has 232 valence electrons. The number of methoxy groups -OCH3 is 2. The van der Waals surface area contributed by atoms with Crippen LogP contribution in [0.2, 0.25) is 0 Å². The summed E-state index contributed by atoms with van der Waals surface area (Å²) in [6.45, 7) is 0. The summed E-state index contributed by atoms with van der Waals surface area (Å²) in [5.74, 6) is 3.55. The molecule has 0 saturated heterocycles. The van der Waals surface area contributed by atoms with E-state index in [1.807, 2.05) is 84.9 Å². The van der Waals surface area contributed by atoms with Gasteiger partial charge in [0.05, 0.1) is 25.4 Å². The van der Waals surface area contributed by atoms with Gasteiger partial charge in [0, 0.05) is 38.6 Å². The van der Waals surface area contributed by atoms with Crippen LogP contribution in [0.15, 0.2) is 144 Å². The van der Waals surface area contributed by atoms with Crippen LogP contribution in [-0.4, -0.2) is 25.0 Å². The van der Waals surface area contributed by atoms with Crippen molar-refractivity contribution in [1.29, 1.82) is 0 Å². The lowest BCUT2D eigenvalue weighted by Crippen LogP contribution is -2.47. The third kappa shape index (κ3) is 5.20. The van der Waals surface area contributed by atoms with Crippen molar-refractivity contribution >= 4 is 34.2 Å². The zero-order chi connectivity index (χ0) is 31.8. The summed E-state index contributed by atoms with van der Waals surface area (Å²) in [6.07, 6.45) is 0.535. The summed E-state index contributed by atoms with van der Waals surface area (Å²) in [7, 11) is 3.34. The zero-order valence-corrected chi connectivity index (χ0v) is 26.7. The Morgan fingerprint density at radius 1 is 0.745 bits per heavy atom. The average molecular weight is 638 g/mol. The number of oxime groups is 1. The van der Waals surface area contributed by atoms with Gasteiger partial charge in [-0.2, -0.15) is 0 Å². The molecule has 0 spiro atoms. The highest BCUT2D eigenvalue weighted by atomic mass is 32.2. The molecule has 8 heteroatoms. The molecule has 0 aliphatic carbocycles. The van der Waals surface area contributed by atoms with E-state index in [1.54, 1.807) is 26.0 Å². The summed E-state index contributed by atoms with van der Waals surface area (Å²) in [5, 5.41) is 5.73. The van der Waals surface area contributed by atoms with E-state index in [0.717, 1.165) is 61.3 Å². The van der Waals surface area contributed by atoms with Crippen LogP contribution in [0.1, 0.15) is 28.4 Å². The standard InChI is InChI=1S/C39H31N3O4S/c1-43-29-20-16-26(17-21-29)37-41-46-39(28-18-22-30(44-2)23-19-28)25-36(47-35-15-9-8-14-34(35)42(37)39)32-24-27-10-6-7-13-33(27)40-38(32)45-31-11-4-3-5-12-31/h3-24,36H,25H2,1-2H3. The largest absolute Gasteiger partial charge is 0.497 e. The third-order valence-electron chi connectivity index (χ3n) is 8.60. The molecule has 2 aliphatic heterocycles. The molecule has 47 heavy (non-hydrogen) atoms. The highest BCUT2D eigenvalue weighted by molar-refractivity contribution is 7.99. The number of pyridine rings is 1. The van der Waals surface area contributed by atoms with Crippen LogP contribution < -0.4 is 19.1 Å². The van der Waals surface area contributed by atoms with Crippen LogP contribution in [0.5, 0.6) is 23.1 Å². The molecular formula is C39H31N3O4S. The number of hydrogen-bond acceptors (Lipinski definition) is 8. The van der Waals surface area contributed by atoms with Crippen LogP contribution in [0.4, 0.5) is 5.69 Å². The summed E-state index contributed by atoms with van der Waals surface area (Å²) in [6, 6.07) is 44.6. The maximum Gasteiger partial charge on any atom is 0.242 e. The molecule has 2 aliphatic rings. The molecule has 0 N–H and O–H groups in total. The number of benzene rings is 5. The summed E-state index contributed by atoms with van der Waals surface area (Å²) in [4.78, 5) is 15.1. The molecule has 0 saturated carbocycles. The van der Waals surface area contributed by atoms with E-state index >= 15 is 0 Å². The van der Waals surface area contributed by atoms with Gasteiger partial charge in [0.2, 0.25) is 11.6 Å². The number of ether oxygens (including phenoxy) is 3. The minimum Gasteiger partial charge on any atom is -0.497 e. The van der Waals surface area contributed by atoms with Crippen LogP contribution in [0.3, 0.4) is 0 Å². The Morgan fingerprint density at radius 3 is 2.19 bits per heavy atom. The van der Waals surface area contributed by atoms with Gasteiger partial charge in [-0.05, 0) is 84.9 Å². The molecular weight excluding hydrogens is 607 g/mol. The Labute approximate surface area is 277 Å². The highest BCUT2D eigenvalue weighted by Crippen LogP contribution is 2.57. The molecule has 5 aromatic carbocycles. The second-order valence-corrected chi connectivity index (χ2v) is 12.6. The summed E-state index contributed by atoms with van der Waals surface area (Å²) >= 11 is 1.78. The van der Waals surface area contributed by atoms with Crippen molar-refractivity contribution in [3.8, 4) is 23.1 Å². The molecule has 0 fully saturated rings. The number of anilines is 1. The SMILES string of the molecule is COc1ccc(C2=NOC3(c4ccc(OC)cc4)CC(c4cc5ccccc5nc4Oc4ccccc4)Sc4ccccc4N23)cc1. The van der Waals surface area contributed by atoms with Gasteiger partial charge in [0.15, 0.2) is 5.84 Å². The number of rotatable bonds is 7. The third-order valence-corrected chi connectivity index (χ3v) is 9.91. The number of aromatic nitrogens is 1. The topological polar surface area (TPSA) is 65.4 Å². The fourth-order valence-electron chi connectivity index (χ4n) is 6.27. The lowest BCUT2D eigenvalue weighted by molar-refractivity contribution is -0.0284. The van der Waals surface area contributed by atoms with E-state index in [9.17, 15) is 0 Å². The van der Waals surface area contributed by atoms with Crippen molar-refractivity contribution in [2.45, 2.75) is 22.3 Å². The molecule has 1 aromatic heterocycles. The van der Waals surface area contributed by atoms with E-state index in [-0.39, 0.29) is 5.25 Å². The molecule has 7 nitrogen and oxygen atoms in total. The first kappa shape index (κ1) is 29.0. The van der Waals surface area contributed by atoms with E-state index < -0.39 is 5.72 Å². The Morgan fingerprint density at radius 2 is 1.43 bits per heavy atom. The van der Waals surface area contributed by atoms with Gasteiger partial charge in [-0.15, -0.1) is 11.8 Å². The predicted octanol–water partition coefficient (Wildman–Crippen LogP) is 9.33. The monoisotopic (exact) mass is 637 g/mol.